The first-order valence-electron chi connectivity index (χ1n) is 10.7. The van der Waals surface area contributed by atoms with E-state index in [1.54, 1.807) is 7.05 Å². The molecule has 3 aliphatic rings. The van der Waals surface area contributed by atoms with Gasteiger partial charge in [-0.05, 0) is 32.3 Å². The summed E-state index contributed by atoms with van der Waals surface area (Å²) in [6.45, 7) is 1.37. The molecule has 0 aliphatic heterocycles. The van der Waals surface area contributed by atoms with Crippen LogP contribution >= 0.6 is 0 Å². The van der Waals surface area contributed by atoms with E-state index < -0.39 is 35.0 Å². The lowest BCUT2D eigenvalue weighted by atomic mass is 9.42. The minimum atomic E-state index is -1.18. The van der Waals surface area contributed by atoms with Crippen LogP contribution in [0.4, 0.5) is 29.5 Å². The van der Waals surface area contributed by atoms with Crippen molar-refractivity contribution in [3.8, 4) is 11.4 Å². The van der Waals surface area contributed by atoms with E-state index in [-0.39, 0.29) is 42.4 Å². The normalized spacial score (nSPS) is 23.0. The van der Waals surface area contributed by atoms with Gasteiger partial charge >= 0.3 is 6.09 Å². The highest BCUT2D eigenvalue weighted by Gasteiger charge is 2.72. The van der Waals surface area contributed by atoms with E-state index in [4.69, 9.17) is 4.74 Å². The molecule has 2 amide bonds. The molecule has 0 unspecified atom stereocenters. The number of nitrogens with zero attached hydrogens (tertiary/aromatic N) is 5. The van der Waals surface area contributed by atoms with Gasteiger partial charge in [-0.25, -0.2) is 28.5 Å². The second-order valence-corrected chi connectivity index (χ2v) is 8.95. The number of alkyl halides is 1. The zero-order chi connectivity index (χ0) is 25.0. The molecule has 0 spiro atoms. The van der Waals surface area contributed by atoms with Crippen molar-refractivity contribution < 1.29 is 27.5 Å². The maximum atomic E-state index is 13.9. The molecular weight excluding hydrogens is 467 g/mol. The van der Waals surface area contributed by atoms with Crippen molar-refractivity contribution in [1.29, 1.82) is 0 Å². The van der Waals surface area contributed by atoms with Crippen molar-refractivity contribution in [2.75, 3.05) is 10.6 Å². The van der Waals surface area contributed by atoms with Gasteiger partial charge in [-0.2, -0.15) is 9.49 Å². The Labute approximate surface area is 196 Å². The number of aromatic nitrogens is 5. The number of hydrogen-bond donors (Lipinski definition) is 2. The van der Waals surface area contributed by atoms with E-state index in [1.165, 1.54) is 30.2 Å². The van der Waals surface area contributed by atoms with Crippen LogP contribution in [-0.4, -0.2) is 42.4 Å². The van der Waals surface area contributed by atoms with Gasteiger partial charge in [0, 0.05) is 7.05 Å². The molecule has 1 atom stereocenters. The molecule has 2 N–H and O–H groups in total. The zero-order valence-electron chi connectivity index (χ0n) is 18.7. The summed E-state index contributed by atoms with van der Waals surface area (Å²) in [6, 6.07) is 0.896. The molecule has 13 heteroatoms. The molecule has 0 saturated heterocycles. The quantitative estimate of drug-likeness (QED) is 0.508. The van der Waals surface area contributed by atoms with E-state index in [2.05, 4.69) is 30.7 Å². The van der Waals surface area contributed by atoms with Gasteiger partial charge < -0.3 is 10.1 Å². The molecule has 35 heavy (non-hydrogen) atoms. The van der Waals surface area contributed by atoms with E-state index in [1.807, 2.05) is 0 Å². The third-order valence-corrected chi connectivity index (χ3v) is 6.31. The smallest absolute Gasteiger partial charge is 0.413 e. The van der Waals surface area contributed by atoms with Gasteiger partial charge in [0.1, 0.15) is 23.4 Å². The summed E-state index contributed by atoms with van der Waals surface area (Å²) in [6.07, 6.45) is 3.60. The highest BCUT2D eigenvalue weighted by molar-refractivity contribution is 5.98. The fraction of sp³-hybridized carbons (Fsp3) is 0.364. The summed E-state index contributed by atoms with van der Waals surface area (Å²) < 4.78 is 47.4. The van der Waals surface area contributed by atoms with Gasteiger partial charge in [0.2, 0.25) is 11.9 Å². The number of rotatable bonds is 6. The maximum Gasteiger partial charge on any atom is 0.413 e. The molecule has 2 bridgehead atoms. The van der Waals surface area contributed by atoms with Gasteiger partial charge in [0.05, 0.1) is 47.0 Å². The molecule has 3 saturated carbocycles. The number of halogens is 3. The van der Waals surface area contributed by atoms with Crippen LogP contribution in [0.5, 0.6) is 0 Å². The molecular formula is C22H20F3N7O3. The zero-order valence-corrected chi connectivity index (χ0v) is 18.7. The van der Waals surface area contributed by atoms with E-state index in [0.29, 0.717) is 11.3 Å². The summed E-state index contributed by atoms with van der Waals surface area (Å²) in [5, 5.41) is 9.30. The number of pyridine rings is 1. The van der Waals surface area contributed by atoms with Crippen LogP contribution in [0.2, 0.25) is 0 Å². The Bertz CT molecular complexity index is 1310. The number of carbonyl (C=O) groups excluding carboxylic acids is 2. The van der Waals surface area contributed by atoms with E-state index in [0.717, 1.165) is 12.3 Å². The Morgan fingerprint density at radius 1 is 1.09 bits per heavy atom. The third-order valence-electron chi connectivity index (χ3n) is 6.31. The topological polar surface area (TPSA) is 124 Å². The molecule has 3 aromatic heterocycles. The Kier molecular flexibility index (Phi) is 5.22. The standard InChI is InChI=1S/C22H20F3N7O3/c1-11(14-3-12(23)4-26-16(14)24)35-20(34)31-18-15(7-29-32(18)2)17-27-5-13(6-28-17)30-19(33)21-8-22(25,9-21)10-21/h3-7,11H,8-10H2,1-2H3,(H,30,33)(H,31,34)/t11-,21?,22?/m1/s1. The molecule has 182 valence electrons. The summed E-state index contributed by atoms with van der Waals surface area (Å²) in [5.41, 5.74) is -1.31. The Morgan fingerprint density at radius 2 is 1.77 bits per heavy atom. The SMILES string of the molecule is C[C@@H](OC(=O)Nc1c(-c2ncc(NC(=O)C34CC(F)(C3)C4)cn2)cnn1C)c1cc(F)cnc1F. The number of ether oxygens (including phenoxy) is 1. The second kappa shape index (κ2) is 8.03. The summed E-state index contributed by atoms with van der Waals surface area (Å²) in [7, 11) is 1.56. The first kappa shape index (κ1) is 22.7. The fourth-order valence-electron chi connectivity index (χ4n) is 4.52. The predicted molar refractivity (Wildman–Crippen MR) is 116 cm³/mol. The van der Waals surface area contributed by atoms with Crippen molar-refractivity contribution >= 4 is 23.5 Å². The van der Waals surface area contributed by atoms with Gasteiger partial charge in [-0.15, -0.1) is 0 Å². The average Bonchev–Trinajstić information content (AvgIpc) is 3.12. The van der Waals surface area contributed by atoms with Crippen LogP contribution in [0.1, 0.15) is 37.9 Å². The Hall–Kier alpha value is -4.03. The van der Waals surface area contributed by atoms with Crippen LogP contribution in [0.25, 0.3) is 11.4 Å². The molecule has 3 aliphatic carbocycles. The molecule has 0 radical (unpaired) electrons. The van der Waals surface area contributed by atoms with Crippen LogP contribution < -0.4 is 10.6 Å². The van der Waals surface area contributed by atoms with Crippen molar-refractivity contribution in [2.45, 2.75) is 38.0 Å². The van der Waals surface area contributed by atoms with Crippen molar-refractivity contribution in [2.24, 2.45) is 12.5 Å². The highest BCUT2D eigenvalue weighted by atomic mass is 19.1. The molecule has 10 nitrogen and oxygen atoms in total. The lowest BCUT2D eigenvalue weighted by Crippen LogP contribution is -2.68. The van der Waals surface area contributed by atoms with Gasteiger partial charge in [-0.3, -0.25) is 14.8 Å². The summed E-state index contributed by atoms with van der Waals surface area (Å²) in [4.78, 5) is 36.6. The first-order valence-corrected chi connectivity index (χ1v) is 10.7. The van der Waals surface area contributed by atoms with Crippen LogP contribution in [-0.2, 0) is 16.6 Å². The molecule has 3 fully saturated rings. The number of hydrogen-bond acceptors (Lipinski definition) is 7. The fourth-order valence-corrected chi connectivity index (χ4v) is 4.52. The maximum absolute atomic E-state index is 13.9. The van der Waals surface area contributed by atoms with Crippen LogP contribution in [0.3, 0.4) is 0 Å². The summed E-state index contributed by atoms with van der Waals surface area (Å²) in [5.74, 6) is -1.57. The molecule has 6 rings (SSSR count). The minimum Gasteiger partial charge on any atom is -0.441 e. The average molecular weight is 487 g/mol. The van der Waals surface area contributed by atoms with E-state index >= 15 is 0 Å². The van der Waals surface area contributed by atoms with Crippen molar-refractivity contribution in [1.82, 2.24) is 24.7 Å². The van der Waals surface area contributed by atoms with Crippen LogP contribution in [0, 0.1) is 17.2 Å². The molecule has 0 aromatic carbocycles. The number of nitrogens with one attached hydrogen (secondary N) is 2. The molecule has 3 heterocycles. The highest BCUT2D eigenvalue weighted by Crippen LogP contribution is 2.69. The number of anilines is 2. The first-order chi connectivity index (χ1) is 16.6. The van der Waals surface area contributed by atoms with E-state index in [9.17, 15) is 22.8 Å². The summed E-state index contributed by atoms with van der Waals surface area (Å²) >= 11 is 0. The van der Waals surface area contributed by atoms with Gasteiger partial charge in [0.25, 0.3) is 0 Å². The molecule has 3 aromatic rings. The third kappa shape index (κ3) is 4.06. The van der Waals surface area contributed by atoms with Crippen molar-refractivity contribution in [3.05, 3.63) is 48.2 Å². The number of carbonyl (C=O) groups is 2. The van der Waals surface area contributed by atoms with Crippen LogP contribution in [0.15, 0.2) is 30.9 Å². The van der Waals surface area contributed by atoms with Crippen molar-refractivity contribution in [3.63, 3.8) is 0 Å². The minimum absolute atomic E-state index is 0.193. The monoisotopic (exact) mass is 487 g/mol. The number of aryl methyl sites for hydroxylation is 1. The number of amides is 2. The predicted octanol–water partition coefficient (Wildman–Crippen LogP) is 3.69. The second-order valence-electron chi connectivity index (χ2n) is 8.95. The largest absolute Gasteiger partial charge is 0.441 e. The lowest BCUT2D eigenvalue weighted by Gasteiger charge is -2.64. The van der Waals surface area contributed by atoms with Gasteiger partial charge in [0.15, 0.2) is 5.82 Å². The van der Waals surface area contributed by atoms with Gasteiger partial charge in [-0.1, -0.05) is 0 Å². The lowest BCUT2D eigenvalue weighted by molar-refractivity contribution is -0.209. The Balaban J connectivity index is 1.25. The Morgan fingerprint density at radius 3 is 2.43 bits per heavy atom.